The second-order valence-electron chi connectivity index (χ2n) is 7.89. The molecule has 0 spiro atoms. The molecule has 3 N–H and O–H groups in total. The highest BCUT2D eigenvalue weighted by molar-refractivity contribution is 5.89. The Morgan fingerprint density at radius 1 is 1.09 bits per heavy atom. The molecule has 3 aromatic rings. The molecule has 0 fully saturated rings. The summed E-state index contributed by atoms with van der Waals surface area (Å²) >= 11 is 0. The van der Waals surface area contributed by atoms with Gasteiger partial charge in [0.15, 0.2) is 0 Å². The number of carboxylic acid groups (broad SMARTS) is 1. The first-order valence-electron chi connectivity index (χ1n) is 11.0. The van der Waals surface area contributed by atoms with Crippen LogP contribution in [0, 0.1) is 0 Å². The molecule has 0 aliphatic carbocycles. The van der Waals surface area contributed by atoms with Crippen LogP contribution in [0.25, 0.3) is 22.5 Å². The van der Waals surface area contributed by atoms with E-state index in [1.54, 1.807) is 0 Å². The Morgan fingerprint density at radius 2 is 1.84 bits per heavy atom. The normalized spacial score (nSPS) is 16.1. The van der Waals surface area contributed by atoms with Gasteiger partial charge in [-0.2, -0.15) is 5.21 Å². The van der Waals surface area contributed by atoms with Crippen molar-refractivity contribution in [3.05, 3.63) is 65.4 Å². The molecule has 0 bridgehead atoms. The van der Waals surface area contributed by atoms with E-state index in [4.69, 9.17) is 0 Å². The highest BCUT2D eigenvalue weighted by Gasteiger charge is 2.34. The molecule has 8 heteroatoms. The van der Waals surface area contributed by atoms with Crippen molar-refractivity contribution in [3.8, 4) is 22.5 Å². The minimum absolute atomic E-state index is 0.239. The number of aromatic amines is 1. The van der Waals surface area contributed by atoms with Gasteiger partial charge >= 0.3 is 5.97 Å². The van der Waals surface area contributed by atoms with Crippen LogP contribution in [-0.4, -0.2) is 49.3 Å². The van der Waals surface area contributed by atoms with Crippen molar-refractivity contribution >= 4 is 5.97 Å². The summed E-state index contributed by atoms with van der Waals surface area (Å²) in [5, 5.41) is 26.3. The van der Waals surface area contributed by atoms with Crippen molar-refractivity contribution in [1.29, 1.82) is 0 Å². The van der Waals surface area contributed by atoms with Crippen LogP contribution in [0.5, 0.6) is 0 Å². The second-order valence-corrected chi connectivity index (χ2v) is 7.89. The average molecular weight is 433 g/mol. The summed E-state index contributed by atoms with van der Waals surface area (Å²) in [7, 11) is 0. The van der Waals surface area contributed by atoms with Crippen LogP contribution in [0.2, 0.25) is 0 Å². The van der Waals surface area contributed by atoms with E-state index >= 15 is 0 Å². The van der Waals surface area contributed by atoms with Crippen LogP contribution in [0.3, 0.4) is 0 Å². The first-order chi connectivity index (χ1) is 15.6. The van der Waals surface area contributed by atoms with Gasteiger partial charge in [-0.05, 0) is 41.2 Å². The maximum atomic E-state index is 12.0. The van der Waals surface area contributed by atoms with Crippen LogP contribution in [0.1, 0.15) is 38.7 Å². The van der Waals surface area contributed by atoms with Crippen LogP contribution in [-0.2, 0) is 11.2 Å². The summed E-state index contributed by atoms with van der Waals surface area (Å²) in [6.45, 7) is 4.97. The number of hydrogen-bond acceptors (Lipinski definition) is 6. The quantitative estimate of drug-likeness (QED) is 0.472. The lowest BCUT2D eigenvalue weighted by Gasteiger charge is -2.23. The SMILES string of the molecule is CCCCN1NC(Cc2ccc(-c3ccccc3-c3nn[nH]n3)cc2)C(C(=O)O)=C1CC. The average Bonchev–Trinajstić information content (AvgIpc) is 3.46. The molecule has 0 saturated carbocycles. The summed E-state index contributed by atoms with van der Waals surface area (Å²) in [6.07, 6.45) is 3.39. The van der Waals surface area contributed by atoms with Gasteiger partial charge in [0.25, 0.3) is 0 Å². The molecule has 1 atom stereocenters. The zero-order valence-electron chi connectivity index (χ0n) is 18.4. The second kappa shape index (κ2) is 9.74. The molecule has 1 aliphatic rings. The largest absolute Gasteiger partial charge is 0.478 e. The molecule has 1 aliphatic heterocycles. The Morgan fingerprint density at radius 3 is 2.47 bits per heavy atom. The van der Waals surface area contributed by atoms with E-state index in [0.29, 0.717) is 24.2 Å². The van der Waals surface area contributed by atoms with Crippen molar-refractivity contribution in [2.75, 3.05) is 6.54 Å². The van der Waals surface area contributed by atoms with Gasteiger partial charge in [0.2, 0.25) is 5.82 Å². The fourth-order valence-electron chi connectivity index (χ4n) is 4.26. The maximum Gasteiger partial charge on any atom is 0.335 e. The number of tetrazole rings is 1. The van der Waals surface area contributed by atoms with Crippen molar-refractivity contribution in [2.24, 2.45) is 0 Å². The van der Waals surface area contributed by atoms with Gasteiger partial charge in [-0.3, -0.25) is 0 Å². The Kier molecular flexibility index (Phi) is 6.61. The number of aliphatic carboxylic acids is 1. The van der Waals surface area contributed by atoms with Crippen LogP contribution in [0.15, 0.2) is 59.8 Å². The summed E-state index contributed by atoms with van der Waals surface area (Å²) in [6, 6.07) is 15.9. The third-order valence-electron chi connectivity index (χ3n) is 5.82. The lowest BCUT2D eigenvalue weighted by Crippen LogP contribution is -2.39. The van der Waals surface area contributed by atoms with Gasteiger partial charge in [0.05, 0.1) is 11.6 Å². The molecule has 1 unspecified atom stereocenters. The minimum Gasteiger partial charge on any atom is -0.478 e. The number of carbonyl (C=O) groups is 1. The molecule has 1 aromatic heterocycles. The molecule has 0 amide bonds. The monoisotopic (exact) mass is 432 g/mol. The molecule has 2 heterocycles. The third-order valence-corrected chi connectivity index (χ3v) is 5.82. The van der Waals surface area contributed by atoms with E-state index in [1.807, 2.05) is 36.2 Å². The number of hydrazine groups is 1. The maximum absolute atomic E-state index is 12.0. The number of nitrogens with one attached hydrogen (secondary N) is 2. The molecule has 0 saturated heterocycles. The molecule has 2 aromatic carbocycles. The molecular weight excluding hydrogens is 404 g/mol. The number of carboxylic acids is 1. The van der Waals surface area contributed by atoms with Gasteiger partial charge in [0, 0.05) is 17.8 Å². The fraction of sp³-hybridized carbons (Fsp3) is 0.333. The highest BCUT2D eigenvalue weighted by Crippen LogP contribution is 2.31. The van der Waals surface area contributed by atoms with Gasteiger partial charge in [-0.15, -0.1) is 10.2 Å². The molecule has 0 radical (unpaired) electrons. The molecule has 4 rings (SSSR count). The number of H-pyrrole nitrogens is 1. The Bertz CT molecular complexity index is 1090. The number of benzene rings is 2. The minimum atomic E-state index is -0.844. The molecule has 166 valence electrons. The first-order valence-corrected chi connectivity index (χ1v) is 11.0. The predicted molar refractivity (Wildman–Crippen MR) is 122 cm³/mol. The standard InChI is InChI=1S/C24H28N6O2/c1-3-5-14-30-21(4-2)22(24(31)32)20(27-30)15-16-10-12-17(13-11-16)18-8-6-7-9-19(18)23-25-28-29-26-23/h6-13,20,27H,3-5,14-15H2,1-2H3,(H,31,32)(H,25,26,28,29). The van der Waals surface area contributed by atoms with E-state index in [9.17, 15) is 9.90 Å². The Hall–Kier alpha value is -3.52. The number of aromatic nitrogens is 4. The number of allylic oxidation sites excluding steroid dienone is 1. The van der Waals surface area contributed by atoms with Gasteiger partial charge in [-0.25, -0.2) is 10.2 Å². The first kappa shape index (κ1) is 21.7. The number of rotatable bonds is 9. The van der Waals surface area contributed by atoms with Crippen LogP contribution in [0.4, 0.5) is 0 Å². The zero-order chi connectivity index (χ0) is 22.5. The fourth-order valence-corrected chi connectivity index (χ4v) is 4.26. The molecular formula is C24H28N6O2. The third kappa shape index (κ3) is 4.40. The topological polar surface area (TPSA) is 107 Å². The van der Waals surface area contributed by atoms with E-state index in [1.165, 1.54) is 0 Å². The van der Waals surface area contributed by atoms with Crippen LogP contribution < -0.4 is 5.43 Å². The lowest BCUT2D eigenvalue weighted by atomic mass is 9.95. The molecule has 8 nitrogen and oxygen atoms in total. The van der Waals surface area contributed by atoms with Crippen molar-refractivity contribution in [3.63, 3.8) is 0 Å². The Labute approximate surface area is 187 Å². The smallest absolute Gasteiger partial charge is 0.335 e. The summed E-state index contributed by atoms with van der Waals surface area (Å²) in [5.74, 6) is -0.292. The molecule has 32 heavy (non-hydrogen) atoms. The number of unbranched alkanes of at least 4 members (excludes halogenated alkanes) is 1. The van der Waals surface area contributed by atoms with E-state index in [-0.39, 0.29) is 6.04 Å². The summed E-state index contributed by atoms with van der Waals surface area (Å²) < 4.78 is 0. The lowest BCUT2D eigenvalue weighted by molar-refractivity contribution is -0.133. The highest BCUT2D eigenvalue weighted by atomic mass is 16.4. The van der Waals surface area contributed by atoms with Gasteiger partial charge in [-0.1, -0.05) is 68.8 Å². The summed E-state index contributed by atoms with van der Waals surface area (Å²) in [5.41, 5.74) is 8.85. The van der Waals surface area contributed by atoms with Crippen molar-refractivity contribution < 1.29 is 9.90 Å². The van der Waals surface area contributed by atoms with Crippen LogP contribution >= 0.6 is 0 Å². The van der Waals surface area contributed by atoms with E-state index < -0.39 is 5.97 Å². The van der Waals surface area contributed by atoms with Gasteiger partial charge < -0.3 is 10.1 Å². The Balaban J connectivity index is 1.56. The van der Waals surface area contributed by atoms with Crippen molar-refractivity contribution in [2.45, 2.75) is 45.6 Å². The number of nitrogens with zero attached hydrogens (tertiary/aromatic N) is 4. The van der Waals surface area contributed by atoms with E-state index in [2.05, 4.69) is 57.2 Å². The zero-order valence-corrected chi connectivity index (χ0v) is 18.4. The number of hydrogen-bond donors (Lipinski definition) is 3. The van der Waals surface area contributed by atoms with Crippen molar-refractivity contribution in [1.82, 2.24) is 31.1 Å². The van der Waals surface area contributed by atoms with Gasteiger partial charge in [0.1, 0.15) is 0 Å². The predicted octanol–water partition coefficient (Wildman–Crippen LogP) is 3.81. The van der Waals surface area contributed by atoms with E-state index in [0.717, 1.165) is 47.3 Å². The summed E-state index contributed by atoms with van der Waals surface area (Å²) in [4.78, 5) is 12.0.